The predicted octanol–water partition coefficient (Wildman–Crippen LogP) is 2.23. The Morgan fingerprint density at radius 2 is 2.00 bits per heavy atom. The van der Waals surface area contributed by atoms with Gasteiger partial charge in [-0.05, 0) is 12.0 Å². The van der Waals surface area contributed by atoms with E-state index in [9.17, 15) is 10.1 Å². The number of rotatable bonds is 3. The Labute approximate surface area is 126 Å². The van der Waals surface area contributed by atoms with Gasteiger partial charge in [-0.3, -0.25) is 15.0 Å². The van der Waals surface area contributed by atoms with E-state index in [-0.39, 0.29) is 10.6 Å². The van der Waals surface area contributed by atoms with Crippen LogP contribution in [0.15, 0.2) is 24.3 Å². The summed E-state index contributed by atoms with van der Waals surface area (Å²) in [6, 6.07) is 6.78. The van der Waals surface area contributed by atoms with Crippen molar-refractivity contribution >= 4 is 22.2 Å². The normalized spacial score (nSPS) is 15.4. The van der Waals surface area contributed by atoms with Crippen LogP contribution in [0, 0.1) is 10.1 Å². The fourth-order valence-electron chi connectivity index (χ4n) is 2.57. The van der Waals surface area contributed by atoms with Gasteiger partial charge in [0.2, 0.25) is 0 Å². The molecule has 1 aromatic carbocycles. The van der Waals surface area contributed by atoms with E-state index in [0.717, 1.165) is 43.7 Å². The zero-order valence-electron chi connectivity index (χ0n) is 11.5. The first-order valence-corrected chi connectivity index (χ1v) is 7.63. The molecule has 0 bridgehead atoms. The molecule has 21 heavy (non-hydrogen) atoms. The van der Waals surface area contributed by atoms with E-state index >= 15 is 0 Å². The zero-order chi connectivity index (χ0) is 14.8. The molecule has 0 unspecified atom stereocenters. The molecular formula is C14H16N4O2S. The number of nitrogen functional groups attached to an aromatic ring is 1. The van der Waals surface area contributed by atoms with Crippen LogP contribution < -0.4 is 5.73 Å². The van der Waals surface area contributed by atoms with E-state index in [4.69, 9.17) is 5.73 Å². The average Bonchev–Trinajstić information content (AvgIpc) is 2.73. The van der Waals surface area contributed by atoms with Gasteiger partial charge < -0.3 is 5.73 Å². The number of aromatic nitrogens is 1. The largest absolute Gasteiger partial charge is 0.375 e. The number of nitrogens with two attached hydrogens (primary N) is 1. The molecular weight excluding hydrogens is 288 g/mol. The Bertz CT molecular complexity index is 628. The Kier molecular flexibility index (Phi) is 3.85. The summed E-state index contributed by atoms with van der Waals surface area (Å²) >= 11 is 1.58. The summed E-state index contributed by atoms with van der Waals surface area (Å²) in [6.45, 7) is 2.71. The summed E-state index contributed by atoms with van der Waals surface area (Å²) in [5.74, 6) is 0. The van der Waals surface area contributed by atoms with Gasteiger partial charge >= 0.3 is 0 Å². The fourth-order valence-corrected chi connectivity index (χ4v) is 3.44. The van der Waals surface area contributed by atoms with Crippen molar-refractivity contribution in [1.82, 2.24) is 9.88 Å². The maximum Gasteiger partial charge on any atom is 0.269 e. The van der Waals surface area contributed by atoms with Crippen LogP contribution in [-0.4, -0.2) is 27.9 Å². The first-order chi connectivity index (χ1) is 10.1. The van der Waals surface area contributed by atoms with E-state index in [0.29, 0.717) is 5.13 Å². The standard InChI is InChI=1S/C14H16N4O2S/c15-14-16-12-5-7-17(8-6-13(12)21-14)9-10-1-3-11(4-2-10)18(19)20/h1-4H,5-9H2,(H2,15,16). The van der Waals surface area contributed by atoms with Crippen LogP contribution in [0.3, 0.4) is 0 Å². The summed E-state index contributed by atoms with van der Waals surface area (Å²) in [5, 5.41) is 11.3. The van der Waals surface area contributed by atoms with E-state index in [1.165, 1.54) is 4.88 Å². The molecule has 0 radical (unpaired) electrons. The lowest BCUT2D eigenvalue weighted by Gasteiger charge is -2.19. The van der Waals surface area contributed by atoms with Crippen molar-refractivity contribution in [3.8, 4) is 0 Å². The van der Waals surface area contributed by atoms with Gasteiger partial charge in [0.25, 0.3) is 5.69 Å². The summed E-state index contributed by atoms with van der Waals surface area (Å²) in [4.78, 5) is 18.3. The van der Waals surface area contributed by atoms with E-state index in [1.54, 1.807) is 23.5 Å². The minimum absolute atomic E-state index is 0.136. The molecule has 6 nitrogen and oxygen atoms in total. The molecule has 1 aliphatic heterocycles. The molecule has 7 heteroatoms. The highest BCUT2D eigenvalue weighted by Crippen LogP contribution is 2.24. The van der Waals surface area contributed by atoms with Crippen LogP contribution in [0.2, 0.25) is 0 Å². The average molecular weight is 304 g/mol. The lowest BCUT2D eigenvalue weighted by atomic mass is 10.2. The second-order valence-corrected chi connectivity index (χ2v) is 6.24. The molecule has 2 N–H and O–H groups in total. The van der Waals surface area contributed by atoms with Crippen LogP contribution >= 0.6 is 11.3 Å². The SMILES string of the molecule is Nc1nc2c(s1)CCN(Cc1ccc([N+](=O)[O-])cc1)CC2. The maximum absolute atomic E-state index is 10.7. The monoisotopic (exact) mass is 304 g/mol. The minimum Gasteiger partial charge on any atom is -0.375 e. The van der Waals surface area contributed by atoms with Gasteiger partial charge in [0.05, 0.1) is 10.6 Å². The number of non-ortho nitro benzene ring substituents is 1. The summed E-state index contributed by atoms with van der Waals surface area (Å²) < 4.78 is 0. The third-order valence-corrected chi connectivity index (χ3v) is 4.65. The van der Waals surface area contributed by atoms with Crippen molar-refractivity contribution in [2.45, 2.75) is 19.4 Å². The molecule has 0 atom stereocenters. The van der Waals surface area contributed by atoms with Crippen molar-refractivity contribution in [3.05, 3.63) is 50.5 Å². The number of nitrogens with zero attached hydrogens (tertiary/aromatic N) is 3. The predicted molar refractivity (Wildman–Crippen MR) is 82.3 cm³/mol. The Balaban J connectivity index is 1.64. The summed E-state index contributed by atoms with van der Waals surface area (Å²) in [6.07, 6.45) is 1.88. The summed E-state index contributed by atoms with van der Waals surface area (Å²) in [5.41, 5.74) is 8.10. The van der Waals surface area contributed by atoms with Crippen molar-refractivity contribution in [2.75, 3.05) is 18.8 Å². The van der Waals surface area contributed by atoms with Gasteiger partial charge in [-0.2, -0.15) is 0 Å². The molecule has 0 amide bonds. The van der Waals surface area contributed by atoms with E-state index in [2.05, 4.69) is 9.88 Å². The fraction of sp³-hybridized carbons (Fsp3) is 0.357. The van der Waals surface area contributed by atoms with Gasteiger partial charge in [-0.25, -0.2) is 4.98 Å². The first kappa shape index (κ1) is 14.0. The van der Waals surface area contributed by atoms with Gasteiger partial charge in [0.15, 0.2) is 5.13 Å². The minimum atomic E-state index is -0.371. The molecule has 1 aliphatic rings. The highest BCUT2D eigenvalue weighted by Gasteiger charge is 2.17. The van der Waals surface area contributed by atoms with Crippen molar-refractivity contribution < 1.29 is 4.92 Å². The van der Waals surface area contributed by atoms with Crippen LogP contribution in [0.5, 0.6) is 0 Å². The number of hydrogen-bond acceptors (Lipinski definition) is 6. The number of nitro groups is 1. The first-order valence-electron chi connectivity index (χ1n) is 6.81. The zero-order valence-corrected chi connectivity index (χ0v) is 12.3. The molecule has 1 aromatic heterocycles. The lowest BCUT2D eigenvalue weighted by Crippen LogP contribution is -2.26. The van der Waals surface area contributed by atoms with Crippen molar-refractivity contribution in [1.29, 1.82) is 0 Å². The van der Waals surface area contributed by atoms with E-state index < -0.39 is 0 Å². The maximum atomic E-state index is 10.7. The number of benzene rings is 1. The third-order valence-electron chi connectivity index (χ3n) is 3.67. The highest BCUT2D eigenvalue weighted by molar-refractivity contribution is 7.15. The quantitative estimate of drug-likeness (QED) is 0.694. The van der Waals surface area contributed by atoms with Gasteiger partial charge in [0.1, 0.15) is 0 Å². The number of nitro benzene ring substituents is 1. The lowest BCUT2D eigenvalue weighted by molar-refractivity contribution is -0.384. The molecule has 0 fully saturated rings. The topological polar surface area (TPSA) is 85.3 Å². The van der Waals surface area contributed by atoms with Crippen LogP contribution in [0.4, 0.5) is 10.8 Å². The highest BCUT2D eigenvalue weighted by atomic mass is 32.1. The smallest absolute Gasteiger partial charge is 0.269 e. The third kappa shape index (κ3) is 3.20. The second-order valence-electron chi connectivity index (χ2n) is 5.12. The molecule has 3 rings (SSSR count). The summed E-state index contributed by atoms with van der Waals surface area (Å²) in [7, 11) is 0. The van der Waals surface area contributed by atoms with Crippen LogP contribution in [-0.2, 0) is 19.4 Å². The van der Waals surface area contributed by atoms with Gasteiger partial charge in [-0.1, -0.05) is 12.1 Å². The Morgan fingerprint density at radius 1 is 1.29 bits per heavy atom. The Hall–Kier alpha value is -1.99. The van der Waals surface area contributed by atoms with Gasteiger partial charge in [-0.15, -0.1) is 11.3 Å². The number of thiazole rings is 1. The molecule has 110 valence electrons. The van der Waals surface area contributed by atoms with Crippen molar-refractivity contribution in [2.24, 2.45) is 0 Å². The molecule has 2 aromatic rings. The van der Waals surface area contributed by atoms with Crippen LogP contribution in [0.1, 0.15) is 16.1 Å². The molecule has 0 spiro atoms. The number of fused-ring (bicyclic) bond motifs is 1. The Morgan fingerprint density at radius 3 is 2.71 bits per heavy atom. The van der Waals surface area contributed by atoms with Crippen molar-refractivity contribution in [3.63, 3.8) is 0 Å². The van der Waals surface area contributed by atoms with Crippen LogP contribution in [0.25, 0.3) is 0 Å². The number of hydrogen-bond donors (Lipinski definition) is 1. The molecule has 0 aliphatic carbocycles. The molecule has 2 heterocycles. The number of anilines is 1. The molecule has 0 saturated carbocycles. The van der Waals surface area contributed by atoms with E-state index in [1.807, 2.05) is 12.1 Å². The second kappa shape index (κ2) is 5.79. The molecule has 0 saturated heterocycles. The van der Waals surface area contributed by atoms with Gasteiger partial charge in [0, 0.05) is 43.1 Å².